The Morgan fingerprint density at radius 1 is 1.31 bits per heavy atom. The standard InChI is InChI=1S/C9H8BrF3O2S/c1-2-16(14,15)8-4-3-6(10)5-7(8)9(11,12)13/h3-5H,2H2,1H3. The van der Waals surface area contributed by atoms with Gasteiger partial charge in [0.2, 0.25) is 0 Å². The highest BCUT2D eigenvalue weighted by Gasteiger charge is 2.36. The van der Waals surface area contributed by atoms with Crippen LogP contribution in [0, 0.1) is 0 Å². The third-order valence-electron chi connectivity index (χ3n) is 1.96. The Labute approximate surface area is 99.5 Å². The number of halogens is 4. The molecule has 0 radical (unpaired) electrons. The quantitative estimate of drug-likeness (QED) is 0.839. The van der Waals surface area contributed by atoms with E-state index in [1.165, 1.54) is 13.0 Å². The van der Waals surface area contributed by atoms with Crippen LogP contribution in [-0.2, 0) is 16.0 Å². The van der Waals surface area contributed by atoms with Crippen molar-refractivity contribution in [3.8, 4) is 0 Å². The second-order valence-electron chi connectivity index (χ2n) is 3.04. The van der Waals surface area contributed by atoms with Gasteiger partial charge in [-0.15, -0.1) is 0 Å². The SMILES string of the molecule is CCS(=O)(=O)c1ccc(Br)cc1C(F)(F)F. The fourth-order valence-corrected chi connectivity index (χ4v) is 2.61. The molecule has 0 saturated carbocycles. The van der Waals surface area contributed by atoms with E-state index in [2.05, 4.69) is 15.9 Å². The van der Waals surface area contributed by atoms with Crippen LogP contribution in [0.15, 0.2) is 27.6 Å². The third-order valence-corrected chi connectivity index (χ3v) is 4.24. The van der Waals surface area contributed by atoms with E-state index in [1.54, 1.807) is 0 Å². The second-order valence-corrected chi connectivity index (χ2v) is 6.20. The molecule has 0 spiro atoms. The summed E-state index contributed by atoms with van der Waals surface area (Å²) in [6.45, 7) is 1.30. The van der Waals surface area contributed by atoms with Gasteiger partial charge in [-0.1, -0.05) is 22.9 Å². The van der Waals surface area contributed by atoms with Gasteiger partial charge in [-0.05, 0) is 18.2 Å². The fourth-order valence-electron chi connectivity index (χ4n) is 1.15. The number of hydrogen-bond donors (Lipinski definition) is 0. The van der Waals surface area contributed by atoms with Gasteiger partial charge < -0.3 is 0 Å². The molecule has 0 aliphatic carbocycles. The van der Waals surface area contributed by atoms with Crippen LogP contribution in [0.3, 0.4) is 0 Å². The lowest BCUT2D eigenvalue weighted by Crippen LogP contribution is -2.14. The highest BCUT2D eigenvalue weighted by molar-refractivity contribution is 9.10. The highest BCUT2D eigenvalue weighted by atomic mass is 79.9. The zero-order chi connectivity index (χ0) is 12.6. The summed E-state index contributed by atoms with van der Waals surface area (Å²) >= 11 is 2.88. The number of alkyl halides is 3. The number of hydrogen-bond acceptors (Lipinski definition) is 2. The average molecular weight is 317 g/mol. The van der Waals surface area contributed by atoms with Crippen LogP contribution in [0.4, 0.5) is 13.2 Å². The molecule has 0 atom stereocenters. The maximum Gasteiger partial charge on any atom is 0.417 e. The van der Waals surface area contributed by atoms with E-state index in [0.29, 0.717) is 0 Å². The number of sulfone groups is 1. The topological polar surface area (TPSA) is 34.1 Å². The first-order chi connectivity index (χ1) is 7.18. The average Bonchev–Trinajstić information content (AvgIpc) is 2.16. The summed E-state index contributed by atoms with van der Waals surface area (Å²) in [6.07, 6.45) is -4.68. The molecule has 16 heavy (non-hydrogen) atoms. The van der Waals surface area contributed by atoms with Crippen LogP contribution in [-0.4, -0.2) is 14.2 Å². The Hall–Kier alpha value is -0.560. The number of benzene rings is 1. The molecule has 1 aromatic rings. The molecular formula is C9H8BrF3O2S. The van der Waals surface area contributed by atoms with E-state index in [9.17, 15) is 21.6 Å². The van der Waals surface area contributed by atoms with Gasteiger partial charge in [-0.3, -0.25) is 0 Å². The minimum Gasteiger partial charge on any atom is -0.224 e. The highest BCUT2D eigenvalue weighted by Crippen LogP contribution is 2.36. The fraction of sp³-hybridized carbons (Fsp3) is 0.333. The van der Waals surface area contributed by atoms with Gasteiger partial charge in [0.15, 0.2) is 9.84 Å². The molecule has 90 valence electrons. The van der Waals surface area contributed by atoms with Gasteiger partial charge in [0, 0.05) is 4.47 Å². The molecule has 2 nitrogen and oxygen atoms in total. The van der Waals surface area contributed by atoms with Crippen molar-refractivity contribution >= 4 is 25.8 Å². The minimum atomic E-state index is -4.68. The van der Waals surface area contributed by atoms with Gasteiger partial charge >= 0.3 is 6.18 Å². The van der Waals surface area contributed by atoms with Crippen molar-refractivity contribution in [2.45, 2.75) is 18.0 Å². The Kier molecular flexibility index (Phi) is 3.69. The molecule has 0 unspecified atom stereocenters. The van der Waals surface area contributed by atoms with Gasteiger partial charge in [-0.2, -0.15) is 13.2 Å². The van der Waals surface area contributed by atoms with Crippen LogP contribution in [0.2, 0.25) is 0 Å². The van der Waals surface area contributed by atoms with Crippen molar-refractivity contribution in [3.63, 3.8) is 0 Å². The Morgan fingerprint density at radius 3 is 2.31 bits per heavy atom. The largest absolute Gasteiger partial charge is 0.417 e. The molecule has 0 saturated heterocycles. The zero-order valence-electron chi connectivity index (χ0n) is 8.18. The predicted molar refractivity (Wildman–Crippen MR) is 56.9 cm³/mol. The van der Waals surface area contributed by atoms with E-state index in [-0.39, 0.29) is 10.2 Å². The molecule has 0 bridgehead atoms. The molecule has 7 heteroatoms. The molecular weight excluding hydrogens is 309 g/mol. The van der Waals surface area contributed by atoms with Gasteiger partial charge in [0.05, 0.1) is 16.2 Å². The molecule has 1 rings (SSSR count). The normalized spacial score (nSPS) is 12.8. The van der Waals surface area contributed by atoms with Crippen molar-refractivity contribution in [1.82, 2.24) is 0 Å². The van der Waals surface area contributed by atoms with E-state index >= 15 is 0 Å². The first-order valence-corrected chi connectivity index (χ1v) is 6.72. The van der Waals surface area contributed by atoms with Crippen molar-refractivity contribution in [1.29, 1.82) is 0 Å². The summed E-state index contributed by atoms with van der Waals surface area (Å²) in [5, 5.41) is 0. The van der Waals surface area contributed by atoms with Gasteiger partial charge in [0.1, 0.15) is 0 Å². The molecule has 0 aliphatic rings. The van der Waals surface area contributed by atoms with Gasteiger partial charge in [-0.25, -0.2) is 8.42 Å². The van der Waals surface area contributed by atoms with Crippen molar-refractivity contribution in [2.24, 2.45) is 0 Å². The Bertz CT molecular complexity index is 494. The van der Waals surface area contributed by atoms with Crippen LogP contribution in [0.5, 0.6) is 0 Å². The summed E-state index contributed by atoms with van der Waals surface area (Å²) in [5.74, 6) is -0.363. The van der Waals surface area contributed by atoms with E-state index < -0.39 is 26.5 Å². The lowest BCUT2D eigenvalue weighted by Gasteiger charge is -2.12. The van der Waals surface area contributed by atoms with Crippen molar-refractivity contribution < 1.29 is 21.6 Å². The molecule has 1 aromatic carbocycles. The Morgan fingerprint density at radius 2 is 1.88 bits per heavy atom. The van der Waals surface area contributed by atoms with E-state index in [0.717, 1.165) is 12.1 Å². The first-order valence-electron chi connectivity index (χ1n) is 4.28. The first kappa shape index (κ1) is 13.5. The summed E-state index contributed by atoms with van der Waals surface area (Å²) in [5.41, 5.74) is -1.14. The maximum atomic E-state index is 12.6. The van der Waals surface area contributed by atoms with Gasteiger partial charge in [0.25, 0.3) is 0 Å². The zero-order valence-corrected chi connectivity index (χ0v) is 10.6. The third kappa shape index (κ3) is 2.76. The summed E-state index contributed by atoms with van der Waals surface area (Å²) in [7, 11) is -3.87. The van der Waals surface area contributed by atoms with E-state index in [4.69, 9.17) is 0 Å². The van der Waals surface area contributed by atoms with Crippen LogP contribution in [0.1, 0.15) is 12.5 Å². The van der Waals surface area contributed by atoms with Crippen LogP contribution < -0.4 is 0 Å². The molecule has 0 N–H and O–H groups in total. The molecule has 0 amide bonds. The maximum absolute atomic E-state index is 12.6. The smallest absolute Gasteiger partial charge is 0.224 e. The second kappa shape index (κ2) is 4.37. The van der Waals surface area contributed by atoms with Crippen molar-refractivity contribution in [3.05, 3.63) is 28.2 Å². The predicted octanol–water partition coefficient (Wildman–Crippen LogP) is 3.26. The summed E-state index contributed by atoms with van der Waals surface area (Å²) in [4.78, 5) is -0.675. The van der Waals surface area contributed by atoms with Crippen LogP contribution >= 0.6 is 15.9 Å². The molecule has 0 aromatic heterocycles. The van der Waals surface area contributed by atoms with E-state index in [1.807, 2.05) is 0 Å². The Balaban J connectivity index is 3.53. The molecule has 0 heterocycles. The monoisotopic (exact) mass is 316 g/mol. The lowest BCUT2D eigenvalue weighted by atomic mass is 10.2. The van der Waals surface area contributed by atoms with Crippen LogP contribution in [0.25, 0.3) is 0 Å². The van der Waals surface area contributed by atoms with Crippen molar-refractivity contribution in [2.75, 3.05) is 5.75 Å². The number of rotatable bonds is 2. The minimum absolute atomic E-state index is 0.190. The molecule has 0 aliphatic heterocycles. The summed E-state index contributed by atoms with van der Waals surface area (Å²) in [6, 6.07) is 3.01. The molecule has 0 fully saturated rings. The summed E-state index contributed by atoms with van der Waals surface area (Å²) < 4.78 is 60.9. The lowest BCUT2D eigenvalue weighted by molar-refractivity contribution is -0.139.